The van der Waals surface area contributed by atoms with Crippen LogP contribution < -0.4 is 10.6 Å². The molecule has 0 unspecified atom stereocenters. The van der Waals surface area contributed by atoms with E-state index < -0.39 is 0 Å². The van der Waals surface area contributed by atoms with Gasteiger partial charge in [-0.1, -0.05) is 30.3 Å². The molecule has 0 aliphatic carbocycles. The Kier molecular flexibility index (Phi) is 2.98. The van der Waals surface area contributed by atoms with Crippen LogP contribution in [0.25, 0.3) is 11.2 Å². The van der Waals surface area contributed by atoms with Gasteiger partial charge in [-0.15, -0.1) is 0 Å². The van der Waals surface area contributed by atoms with Gasteiger partial charge in [-0.3, -0.25) is 0 Å². The maximum Gasteiger partial charge on any atom is 0.228 e. The zero-order chi connectivity index (χ0) is 14.1. The van der Waals surface area contributed by atoms with Crippen molar-refractivity contribution in [2.45, 2.75) is 6.54 Å². The number of nitrogens with zero attached hydrogens (tertiary/aromatic N) is 5. The highest BCUT2D eigenvalue weighted by atomic mass is 15.3. The lowest BCUT2D eigenvalue weighted by atomic mass is 10.2. The number of nitrogens with two attached hydrogens (primary N) is 1. The van der Waals surface area contributed by atoms with Gasteiger partial charge in [-0.25, -0.2) is 4.98 Å². The number of rotatable bonds is 3. The standard InChI is InChI=1S/C14H16N6/c1-19(2)14-17-12(15)11-13(18-14)20(9-16-11)8-10-6-4-3-5-7-10/h3-7,9H,8H2,1-2H3,(H2,15,17,18). The van der Waals surface area contributed by atoms with Crippen molar-refractivity contribution in [3.63, 3.8) is 0 Å². The molecular formula is C14H16N6. The fourth-order valence-corrected chi connectivity index (χ4v) is 2.05. The number of fused-ring (bicyclic) bond motifs is 1. The molecule has 6 heteroatoms. The van der Waals surface area contributed by atoms with Gasteiger partial charge < -0.3 is 15.2 Å². The van der Waals surface area contributed by atoms with Crippen LogP contribution >= 0.6 is 0 Å². The largest absolute Gasteiger partial charge is 0.382 e. The molecule has 0 radical (unpaired) electrons. The quantitative estimate of drug-likeness (QED) is 0.779. The van der Waals surface area contributed by atoms with Crippen LogP contribution in [0, 0.1) is 0 Å². The first-order valence-corrected chi connectivity index (χ1v) is 6.35. The van der Waals surface area contributed by atoms with Gasteiger partial charge in [0.1, 0.15) is 5.52 Å². The van der Waals surface area contributed by atoms with E-state index in [9.17, 15) is 0 Å². The lowest BCUT2D eigenvalue weighted by Gasteiger charge is -2.11. The van der Waals surface area contributed by atoms with E-state index in [-0.39, 0.29) is 0 Å². The molecule has 0 spiro atoms. The minimum atomic E-state index is 0.408. The Morgan fingerprint density at radius 2 is 1.90 bits per heavy atom. The van der Waals surface area contributed by atoms with E-state index in [1.165, 1.54) is 5.56 Å². The number of nitrogen functional groups attached to an aromatic ring is 1. The van der Waals surface area contributed by atoms with Gasteiger partial charge in [-0.05, 0) is 5.56 Å². The van der Waals surface area contributed by atoms with Crippen LogP contribution in [-0.2, 0) is 6.54 Å². The monoisotopic (exact) mass is 268 g/mol. The summed E-state index contributed by atoms with van der Waals surface area (Å²) >= 11 is 0. The molecule has 0 fully saturated rings. The molecule has 0 saturated carbocycles. The van der Waals surface area contributed by atoms with Crippen molar-refractivity contribution >= 4 is 22.9 Å². The summed E-state index contributed by atoms with van der Waals surface area (Å²) < 4.78 is 1.98. The van der Waals surface area contributed by atoms with Crippen LogP contribution in [0.4, 0.5) is 11.8 Å². The fraction of sp³-hybridized carbons (Fsp3) is 0.214. The van der Waals surface area contributed by atoms with E-state index in [1.807, 2.05) is 41.8 Å². The summed E-state index contributed by atoms with van der Waals surface area (Å²) in [5.74, 6) is 0.996. The van der Waals surface area contributed by atoms with E-state index in [1.54, 1.807) is 6.33 Å². The number of anilines is 2. The van der Waals surface area contributed by atoms with Crippen LogP contribution in [0.1, 0.15) is 5.56 Å². The van der Waals surface area contributed by atoms with Gasteiger partial charge in [0.2, 0.25) is 5.95 Å². The Balaban J connectivity index is 2.08. The molecule has 0 aliphatic heterocycles. The van der Waals surface area contributed by atoms with Gasteiger partial charge in [0.15, 0.2) is 11.5 Å². The Labute approximate surface area is 116 Å². The van der Waals surface area contributed by atoms with E-state index in [0.29, 0.717) is 23.8 Å². The number of hydrogen-bond acceptors (Lipinski definition) is 5. The van der Waals surface area contributed by atoms with E-state index in [4.69, 9.17) is 5.73 Å². The first-order chi connectivity index (χ1) is 9.65. The fourth-order valence-electron chi connectivity index (χ4n) is 2.05. The Morgan fingerprint density at radius 3 is 2.60 bits per heavy atom. The molecule has 2 heterocycles. The lowest BCUT2D eigenvalue weighted by molar-refractivity contribution is 0.811. The highest BCUT2D eigenvalue weighted by molar-refractivity contribution is 5.83. The molecule has 2 aromatic heterocycles. The van der Waals surface area contributed by atoms with Crippen molar-refractivity contribution in [1.29, 1.82) is 0 Å². The van der Waals surface area contributed by atoms with Crippen molar-refractivity contribution in [2.75, 3.05) is 24.7 Å². The zero-order valence-electron chi connectivity index (χ0n) is 11.5. The molecule has 6 nitrogen and oxygen atoms in total. The number of benzene rings is 1. The average Bonchev–Trinajstić information content (AvgIpc) is 2.84. The first-order valence-electron chi connectivity index (χ1n) is 6.35. The van der Waals surface area contributed by atoms with Crippen molar-refractivity contribution in [3.05, 3.63) is 42.2 Å². The predicted molar refractivity (Wildman–Crippen MR) is 79.6 cm³/mol. The van der Waals surface area contributed by atoms with Crippen LogP contribution in [-0.4, -0.2) is 33.6 Å². The van der Waals surface area contributed by atoms with Gasteiger partial charge in [0.05, 0.1) is 12.9 Å². The summed E-state index contributed by atoms with van der Waals surface area (Å²) in [6.07, 6.45) is 1.75. The summed E-state index contributed by atoms with van der Waals surface area (Å²) in [4.78, 5) is 14.9. The predicted octanol–water partition coefficient (Wildman–Crippen LogP) is 1.52. The van der Waals surface area contributed by atoms with Crippen molar-refractivity contribution in [2.24, 2.45) is 0 Å². The average molecular weight is 268 g/mol. The van der Waals surface area contributed by atoms with E-state index in [0.717, 1.165) is 5.65 Å². The van der Waals surface area contributed by atoms with Crippen LogP contribution in [0.15, 0.2) is 36.7 Å². The third-order valence-electron chi connectivity index (χ3n) is 3.07. The zero-order valence-corrected chi connectivity index (χ0v) is 11.5. The maximum absolute atomic E-state index is 5.95. The molecule has 102 valence electrons. The number of hydrogen-bond donors (Lipinski definition) is 1. The summed E-state index contributed by atoms with van der Waals surface area (Å²) in [5, 5.41) is 0. The van der Waals surface area contributed by atoms with E-state index >= 15 is 0 Å². The normalized spacial score (nSPS) is 10.9. The first kappa shape index (κ1) is 12.4. The van der Waals surface area contributed by atoms with Crippen LogP contribution in [0.2, 0.25) is 0 Å². The van der Waals surface area contributed by atoms with Crippen LogP contribution in [0.5, 0.6) is 0 Å². The molecule has 3 rings (SSSR count). The van der Waals surface area contributed by atoms with Gasteiger partial charge in [0, 0.05) is 14.1 Å². The Bertz CT molecular complexity index is 732. The molecule has 2 N–H and O–H groups in total. The lowest BCUT2D eigenvalue weighted by Crippen LogP contribution is -2.14. The molecule has 3 aromatic rings. The number of imidazole rings is 1. The summed E-state index contributed by atoms with van der Waals surface area (Å²) in [6, 6.07) is 10.2. The molecule has 0 bridgehead atoms. The second-order valence-electron chi connectivity index (χ2n) is 4.83. The third kappa shape index (κ3) is 2.16. The van der Waals surface area contributed by atoms with Crippen molar-refractivity contribution in [3.8, 4) is 0 Å². The highest BCUT2D eigenvalue weighted by Crippen LogP contribution is 2.20. The van der Waals surface area contributed by atoms with Crippen molar-refractivity contribution < 1.29 is 0 Å². The maximum atomic E-state index is 5.95. The summed E-state index contributed by atoms with van der Waals surface area (Å²) in [7, 11) is 3.77. The second kappa shape index (κ2) is 4.80. The van der Waals surface area contributed by atoms with E-state index in [2.05, 4.69) is 27.1 Å². The number of aromatic nitrogens is 4. The molecule has 1 aromatic carbocycles. The Hall–Kier alpha value is -2.63. The molecule has 0 aliphatic rings. The highest BCUT2D eigenvalue weighted by Gasteiger charge is 2.12. The molecule has 20 heavy (non-hydrogen) atoms. The summed E-state index contributed by atoms with van der Waals surface area (Å²) in [5.41, 5.74) is 8.54. The van der Waals surface area contributed by atoms with Gasteiger partial charge in [-0.2, -0.15) is 9.97 Å². The SMILES string of the molecule is CN(C)c1nc(N)c2ncn(Cc3ccccc3)c2n1. The minimum absolute atomic E-state index is 0.408. The van der Waals surface area contributed by atoms with Gasteiger partial charge in [0.25, 0.3) is 0 Å². The summed E-state index contributed by atoms with van der Waals surface area (Å²) in [6.45, 7) is 0.709. The van der Waals surface area contributed by atoms with Crippen LogP contribution in [0.3, 0.4) is 0 Å². The molecule has 0 atom stereocenters. The van der Waals surface area contributed by atoms with Crippen molar-refractivity contribution in [1.82, 2.24) is 19.5 Å². The third-order valence-corrected chi connectivity index (χ3v) is 3.07. The second-order valence-corrected chi connectivity index (χ2v) is 4.83. The van der Waals surface area contributed by atoms with Gasteiger partial charge >= 0.3 is 0 Å². The topological polar surface area (TPSA) is 72.9 Å². The molecular weight excluding hydrogens is 252 g/mol. The molecule has 0 amide bonds. The Morgan fingerprint density at radius 1 is 1.15 bits per heavy atom. The molecule has 0 saturated heterocycles. The smallest absolute Gasteiger partial charge is 0.228 e. The minimum Gasteiger partial charge on any atom is -0.382 e.